The first-order valence-corrected chi connectivity index (χ1v) is 7.91. The van der Waals surface area contributed by atoms with Crippen molar-refractivity contribution in [2.45, 2.75) is 32.8 Å². The molecule has 3 nitrogen and oxygen atoms in total. The molecule has 1 atom stereocenters. The van der Waals surface area contributed by atoms with Crippen molar-refractivity contribution in [2.24, 2.45) is 0 Å². The van der Waals surface area contributed by atoms with Gasteiger partial charge in [-0.05, 0) is 38.8 Å². The van der Waals surface area contributed by atoms with Crippen LogP contribution < -0.4 is 4.52 Å². The molecule has 0 spiro atoms. The maximum atomic E-state index is 12.6. The van der Waals surface area contributed by atoms with Gasteiger partial charge in [0.25, 0.3) is 0 Å². The minimum atomic E-state index is -3.07. The molecule has 1 aromatic carbocycles. The SMILES string of the molecule is C=CCCCP(=O)(Oc1ccccc1)OC(C)C. The van der Waals surface area contributed by atoms with E-state index in [2.05, 4.69) is 6.58 Å². The molecule has 0 aliphatic rings. The van der Waals surface area contributed by atoms with Crippen LogP contribution in [0.25, 0.3) is 0 Å². The molecule has 0 heterocycles. The second-order valence-corrected chi connectivity index (χ2v) is 6.39. The topological polar surface area (TPSA) is 35.5 Å². The van der Waals surface area contributed by atoms with Crippen LogP contribution in [0.4, 0.5) is 0 Å². The van der Waals surface area contributed by atoms with E-state index in [1.54, 1.807) is 12.1 Å². The molecule has 1 rings (SSSR count). The van der Waals surface area contributed by atoms with Gasteiger partial charge >= 0.3 is 7.60 Å². The number of unbranched alkanes of at least 4 members (excludes halogenated alkanes) is 1. The van der Waals surface area contributed by atoms with Crippen LogP contribution in [0.5, 0.6) is 5.75 Å². The largest absolute Gasteiger partial charge is 0.424 e. The van der Waals surface area contributed by atoms with Crippen molar-refractivity contribution in [3.05, 3.63) is 43.0 Å². The number of allylic oxidation sites excluding steroid dienone is 1. The molecule has 0 saturated heterocycles. The van der Waals surface area contributed by atoms with Crippen LogP contribution in [0.15, 0.2) is 43.0 Å². The summed E-state index contributed by atoms with van der Waals surface area (Å²) in [4.78, 5) is 0. The first-order chi connectivity index (χ1) is 8.56. The second-order valence-electron chi connectivity index (χ2n) is 4.32. The fraction of sp³-hybridized carbons (Fsp3) is 0.429. The Balaban J connectivity index is 2.70. The van der Waals surface area contributed by atoms with E-state index in [0.29, 0.717) is 11.9 Å². The second kappa shape index (κ2) is 7.40. The predicted molar refractivity (Wildman–Crippen MR) is 75.2 cm³/mol. The highest BCUT2D eigenvalue weighted by Crippen LogP contribution is 2.50. The zero-order chi connectivity index (χ0) is 13.4. The molecule has 1 aromatic rings. The molecule has 1 unspecified atom stereocenters. The van der Waals surface area contributed by atoms with Crippen molar-refractivity contribution in [1.82, 2.24) is 0 Å². The average molecular weight is 268 g/mol. The molecule has 18 heavy (non-hydrogen) atoms. The van der Waals surface area contributed by atoms with E-state index < -0.39 is 7.60 Å². The van der Waals surface area contributed by atoms with E-state index in [9.17, 15) is 4.57 Å². The Morgan fingerprint density at radius 1 is 1.33 bits per heavy atom. The molecule has 0 aliphatic heterocycles. The lowest BCUT2D eigenvalue weighted by molar-refractivity contribution is 0.208. The molecule has 0 aliphatic carbocycles. The number of hydrogen-bond donors (Lipinski definition) is 0. The zero-order valence-electron chi connectivity index (χ0n) is 11.0. The van der Waals surface area contributed by atoms with Gasteiger partial charge in [-0.15, -0.1) is 6.58 Å². The Morgan fingerprint density at radius 3 is 2.56 bits per heavy atom. The maximum absolute atomic E-state index is 12.6. The van der Waals surface area contributed by atoms with Gasteiger partial charge in [0.2, 0.25) is 0 Å². The van der Waals surface area contributed by atoms with Crippen molar-refractivity contribution in [1.29, 1.82) is 0 Å². The van der Waals surface area contributed by atoms with Crippen LogP contribution in [0.1, 0.15) is 26.7 Å². The van der Waals surface area contributed by atoms with Gasteiger partial charge in [0, 0.05) is 0 Å². The molecule has 0 saturated carbocycles. The highest BCUT2D eigenvalue weighted by atomic mass is 31.2. The van der Waals surface area contributed by atoms with Gasteiger partial charge in [-0.25, -0.2) is 4.57 Å². The standard InChI is InChI=1S/C14H21O3P/c1-4-5-9-12-18(15,16-13(2)3)17-14-10-7-6-8-11-14/h4,6-8,10-11,13H,1,5,9,12H2,2-3H3. The quantitative estimate of drug-likeness (QED) is 0.391. The van der Waals surface area contributed by atoms with Crippen LogP contribution in [-0.4, -0.2) is 12.3 Å². The highest BCUT2D eigenvalue weighted by Gasteiger charge is 2.26. The van der Waals surface area contributed by atoms with Gasteiger partial charge in [0.1, 0.15) is 5.75 Å². The zero-order valence-corrected chi connectivity index (χ0v) is 11.9. The number of benzene rings is 1. The summed E-state index contributed by atoms with van der Waals surface area (Å²) >= 11 is 0. The first-order valence-electron chi connectivity index (χ1n) is 6.19. The Kier molecular flexibility index (Phi) is 6.17. The normalized spacial score (nSPS) is 14.2. The lowest BCUT2D eigenvalue weighted by Crippen LogP contribution is -2.08. The molecular weight excluding hydrogens is 247 g/mol. The number of rotatable bonds is 8. The van der Waals surface area contributed by atoms with Crippen molar-refractivity contribution in [2.75, 3.05) is 6.16 Å². The molecule has 0 aromatic heterocycles. The summed E-state index contributed by atoms with van der Waals surface area (Å²) in [5.41, 5.74) is 0. The van der Waals surface area contributed by atoms with E-state index in [-0.39, 0.29) is 6.10 Å². The molecule has 0 amide bonds. The van der Waals surface area contributed by atoms with Gasteiger partial charge in [0.05, 0.1) is 12.3 Å². The van der Waals surface area contributed by atoms with E-state index in [4.69, 9.17) is 9.05 Å². The Hall–Kier alpha value is -1.05. The minimum absolute atomic E-state index is 0.122. The van der Waals surface area contributed by atoms with E-state index in [0.717, 1.165) is 12.8 Å². The highest BCUT2D eigenvalue weighted by molar-refractivity contribution is 7.54. The average Bonchev–Trinajstić information content (AvgIpc) is 2.29. The summed E-state index contributed by atoms with van der Waals surface area (Å²) in [7, 11) is -3.07. The predicted octanol–water partition coefficient (Wildman–Crippen LogP) is 4.65. The first kappa shape index (κ1) is 15.0. The number of hydrogen-bond acceptors (Lipinski definition) is 3. The summed E-state index contributed by atoms with van der Waals surface area (Å²) in [6, 6.07) is 9.14. The summed E-state index contributed by atoms with van der Waals surface area (Å²) in [5, 5.41) is 0. The summed E-state index contributed by atoms with van der Waals surface area (Å²) in [5.74, 6) is 0.583. The van der Waals surface area contributed by atoms with Gasteiger partial charge < -0.3 is 4.52 Å². The lowest BCUT2D eigenvalue weighted by Gasteiger charge is -2.21. The van der Waals surface area contributed by atoms with Crippen LogP contribution in [0.2, 0.25) is 0 Å². The molecule has 4 heteroatoms. The minimum Gasteiger partial charge on any atom is -0.424 e. The summed E-state index contributed by atoms with van der Waals surface area (Å²) in [6.07, 6.45) is 3.65. The van der Waals surface area contributed by atoms with Crippen molar-refractivity contribution in [3.8, 4) is 5.75 Å². The Labute approximate surface area is 109 Å². The van der Waals surface area contributed by atoms with Crippen LogP contribution in [-0.2, 0) is 9.09 Å². The molecule has 100 valence electrons. The summed E-state index contributed by atoms with van der Waals surface area (Å²) in [6.45, 7) is 7.37. The Bertz CT molecular complexity index is 401. The fourth-order valence-corrected chi connectivity index (χ4v) is 3.41. The van der Waals surface area contributed by atoms with E-state index in [1.165, 1.54) is 0 Å². The van der Waals surface area contributed by atoms with Crippen LogP contribution in [0.3, 0.4) is 0 Å². The summed E-state index contributed by atoms with van der Waals surface area (Å²) < 4.78 is 23.6. The third kappa shape index (κ3) is 5.52. The molecular formula is C14H21O3P. The van der Waals surface area contributed by atoms with Gasteiger partial charge in [-0.1, -0.05) is 24.3 Å². The van der Waals surface area contributed by atoms with E-state index >= 15 is 0 Å². The smallest absolute Gasteiger partial charge is 0.379 e. The van der Waals surface area contributed by atoms with Gasteiger partial charge in [-0.3, -0.25) is 4.52 Å². The van der Waals surface area contributed by atoms with Crippen LogP contribution in [0, 0.1) is 0 Å². The van der Waals surface area contributed by atoms with E-state index in [1.807, 2.05) is 38.1 Å². The number of para-hydroxylation sites is 1. The molecule has 0 radical (unpaired) electrons. The lowest BCUT2D eigenvalue weighted by atomic mass is 10.3. The monoisotopic (exact) mass is 268 g/mol. The molecule has 0 bridgehead atoms. The molecule has 0 fully saturated rings. The molecule has 0 N–H and O–H groups in total. The van der Waals surface area contributed by atoms with Crippen molar-refractivity contribution in [3.63, 3.8) is 0 Å². The Morgan fingerprint density at radius 2 is 2.00 bits per heavy atom. The van der Waals surface area contributed by atoms with Gasteiger partial charge in [-0.2, -0.15) is 0 Å². The third-order valence-electron chi connectivity index (χ3n) is 2.20. The van der Waals surface area contributed by atoms with Crippen LogP contribution >= 0.6 is 7.60 Å². The van der Waals surface area contributed by atoms with Crippen molar-refractivity contribution >= 4 is 7.60 Å². The maximum Gasteiger partial charge on any atom is 0.379 e. The third-order valence-corrected chi connectivity index (χ3v) is 4.30. The van der Waals surface area contributed by atoms with Gasteiger partial charge in [0.15, 0.2) is 0 Å². The van der Waals surface area contributed by atoms with Crippen molar-refractivity contribution < 1.29 is 13.6 Å². The fourth-order valence-electron chi connectivity index (χ4n) is 1.51.